The Morgan fingerprint density at radius 3 is 2.43 bits per heavy atom. The topological polar surface area (TPSA) is 53.5 Å². The number of piperidine rings is 1. The van der Waals surface area contributed by atoms with Gasteiger partial charge in [-0.25, -0.2) is 0 Å². The lowest BCUT2D eigenvalue weighted by Gasteiger charge is -2.40. The second-order valence-electron chi connectivity index (χ2n) is 8.55. The Kier molecular flexibility index (Phi) is 5.89. The van der Waals surface area contributed by atoms with Crippen molar-refractivity contribution >= 4 is 11.8 Å². The molecule has 5 heteroatoms. The minimum absolute atomic E-state index is 0.0185. The van der Waals surface area contributed by atoms with Crippen LogP contribution in [0.15, 0.2) is 48.7 Å². The number of benzene rings is 1. The van der Waals surface area contributed by atoms with Gasteiger partial charge in [0.1, 0.15) is 5.69 Å². The molecule has 1 aliphatic carbocycles. The molecule has 1 saturated heterocycles. The zero-order chi connectivity index (χ0) is 21.1. The van der Waals surface area contributed by atoms with Crippen LogP contribution in [0.4, 0.5) is 0 Å². The molecular weight excluding hydrogens is 374 g/mol. The summed E-state index contributed by atoms with van der Waals surface area (Å²) >= 11 is 0. The molecule has 0 N–H and O–H groups in total. The summed E-state index contributed by atoms with van der Waals surface area (Å²) in [4.78, 5) is 33.7. The molecule has 1 spiro atoms. The van der Waals surface area contributed by atoms with Crippen molar-refractivity contribution in [2.24, 2.45) is 0 Å². The van der Waals surface area contributed by atoms with E-state index in [2.05, 4.69) is 29.2 Å². The molecule has 0 bridgehead atoms. The number of carbonyl (C=O) groups excluding carboxylic acids is 2. The largest absolute Gasteiger partial charge is 0.343 e. The number of nitrogens with zero attached hydrogens (tertiary/aromatic N) is 3. The molecule has 1 aromatic heterocycles. The lowest BCUT2D eigenvalue weighted by Crippen LogP contribution is -2.44. The van der Waals surface area contributed by atoms with Crippen molar-refractivity contribution in [3.63, 3.8) is 0 Å². The second-order valence-corrected chi connectivity index (χ2v) is 8.55. The van der Waals surface area contributed by atoms with Gasteiger partial charge in [-0.05, 0) is 67.7 Å². The van der Waals surface area contributed by atoms with E-state index in [1.807, 2.05) is 35.8 Å². The van der Waals surface area contributed by atoms with E-state index in [1.165, 1.54) is 11.1 Å². The predicted octanol–water partition coefficient (Wildman–Crippen LogP) is 4.00. The van der Waals surface area contributed by atoms with E-state index in [0.717, 1.165) is 45.4 Å². The van der Waals surface area contributed by atoms with Crippen molar-refractivity contribution in [3.8, 4) is 0 Å². The molecule has 0 radical (unpaired) electrons. The first-order chi connectivity index (χ1) is 14.6. The molecule has 4 rings (SSSR count). The summed E-state index contributed by atoms with van der Waals surface area (Å²) in [6, 6.07) is 14.1. The molecule has 1 fully saturated rings. The predicted molar refractivity (Wildman–Crippen MR) is 117 cm³/mol. The minimum atomic E-state index is 0.0185. The molecule has 5 nitrogen and oxygen atoms in total. The fraction of sp³-hybridized carbons (Fsp3) is 0.480. The fourth-order valence-corrected chi connectivity index (χ4v) is 5.39. The summed E-state index contributed by atoms with van der Waals surface area (Å²) in [5.41, 5.74) is 3.32. The van der Waals surface area contributed by atoms with Crippen LogP contribution in [-0.2, 0) is 10.2 Å². The molecule has 158 valence electrons. The zero-order valence-electron chi connectivity index (χ0n) is 18.0. The summed E-state index contributed by atoms with van der Waals surface area (Å²) in [5.74, 6) is 0.539. The summed E-state index contributed by atoms with van der Waals surface area (Å²) < 4.78 is 0. The Labute approximate surface area is 179 Å². The van der Waals surface area contributed by atoms with Crippen LogP contribution < -0.4 is 0 Å². The van der Waals surface area contributed by atoms with Crippen molar-refractivity contribution in [1.29, 1.82) is 0 Å². The van der Waals surface area contributed by atoms with Crippen LogP contribution in [0.25, 0.3) is 0 Å². The van der Waals surface area contributed by atoms with Gasteiger partial charge in [-0.1, -0.05) is 30.3 Å². The standard InChI is InChI=1S/C25H31N3O2/c1-3-27(4-2)23(29)17-19-18-25(21-10-6-5-9-20(19)21)12-15-28(16-13-25)24(30)22-11-7-8-14-26-22/h5-11,14,19H,3-4,12-13,15-18H2,1-2H3. The summed E-state index contributed by atoms with van der Waals surface area (Å²) in [7, 11) is 0. The van der Waals surface area contributed by atoms with Gasteiger partial charge < -0.3 is 9.80 Å². The summed E-state index contributed by atoms with van der Waals surface area (Å²) in [6.45, 7) is 7.08. The quantitative estimate of drug-likeness (QED) is 0.755. The Bertz CT molecular complexity index is 900. The highest BCUT2D eigenvalue weighted by molar-refractivity contribution is 5.92. The number of pyridine rings is 1. The monoisotopic (exact) mass is 405 g/mol. The van der Waals surface area contributed by atoms with Crippen molar-refractivity contribution < 1.29 is 9.59 Å². The van der Waals surface area contributed by atoms with E-state index < -0.39 is 0 Å². The number of amides is 2. The number of hydrogen-bond donors (Lipinski definition) is 0. The van der Waals surface area contributed by atoms with Gasteiger partial charge in [-0.2, -0.15) is 0 Å². The summed E-state index contributed by atoms with van der Waals surface area (Å²) in [5, 5.41) is 0. The van der Waals surface area contributed by atoms with E-state index in [4.69, 9.17) is 0 Å². The minimum Gasteiger partial charge on any atom is -0.343 e. The van der Waals surface area contributed by atoms with E-state index in [9.17, 15) is 9.59 Å². The van der Waals surface area contributed by atoms with Crippen LogP contribution in [0, 0.1) is 0 Å². The second kappa shape index (κ2) is 8.58. The molecule has 30 heavy (non-hydrogen) atoms. The van der Waals surface area contributed by atoms with Crippen molar-refractivity contribution in [2.45, 2.75) is 50.9 Å². The van der Waals surface area contributed by atoms with Crippen LogP contribution >= 0.6 is 0 Å². The number of carbonyl (C=O) groups is 2. The van der Waals surface area contributed by atoms with Crippen LogP contribution in [0.5, 0.6) is 0 Å². The molecule has 2 amide bonds. The molecule has 0 saturated carbocycles. The maximum atomic E-state index is 12.8. The van der Waals surface area contributed by atoms with Crippen LogP contribution in [-0.4, -0.2) is 52.8 Å². The average molecular weight is 406 g/mol. The highest BCUT2D eigenvalue weighted by Crippen LogP contribution is 2.52. The molecule has 1 atom stereocenters. The maximum absolute atomic E-state index is 12.8. The Morgan fingerprint density at radius 1 is 1.07 bits per heavy atom. The first kappa shape index (κ1) is 20.6. The zero-order valence-corrected chi connectivity index (χ0v) is 18.0. The van der Waals surface area contributed by atoms with Gasteiger partial charge >= 0.3 is 0 Å². The number of fused-ring (bicyclic) bond motifs is 2. The van der Waals surface area contributed by atoms with Crippen LogP contribution in [0.2, 0.25) is 0 Å². The van der Waals surface area contributed by atoms with Gasteiger partial charge in [0.15, 0.2) is 0 Å². The average Bonchev–Trinajstić information content (AvgIpc) is 3.08. The SMILES string of the molecule is CCN(CC)C(=O)CC1CC2(CCN(C(=O)c3ccccn3)CC2)c2ccccc21. The number of likely N-dealkylation sites (tertiary alicyclic amines) is 1. The van der Waals surface area contributed by atoms with Crippen molar-refractivity contribution in [3.05, 3.63) is 65.5 Å². The highest BCUT2D eigenvalue weighted by Gasteiger charge is 2.46. The van der Waals surface area contributed by atoms with E-state index in [-0.39, 0.29) is 23.1 Å². The van der Waals surface area contributed by atoms with Crippen LogP contribution in [0.3, 0.4) is 0 Å². The van der Waals surface area contributed by atoms with Gasteiger partial charge in [-0.3, -0.25) is 14.6 Å². The lowest BCUT2D eigenvalue weighted by atomic mass is 9.73. The van der Waals surface area contributed by atoms with E-state index in [1.54, 1.807) is 12.3 Å². The Balaban J connectivity index is 1.50. The number of rotatable bonds is 5. The van der Waals surface area contributed by atoms with E-state index >= 15 is 0 Å². The van der Waals surface area contributed by atoms with Crippen LogP contribution in [0.1, 0.15) is 67.1 Å². The molecule has 2 aromatic rings. The van der Waals surface area contributed by atoms with Crippen molar-refractivity contribution in [2.75, 3.05) is 26.2 Å². The fourth-order valence-electron chi connectivity index (χ4n) is 5.39. The number of hydrogen-bond acceptors (Lipinski definition) is 3. The third kappa shape index (κ3) is 3.73. The highest BCUT2D eigenvalue weighted by atomic mass is 16.2. The molecule has 1 unspecified atom stereocenters. The molecule has 2 heterocycles. The number of aromatic nitrogens is 1. The van der Waals surface area contributed by atoms with Gasteiger partial charge in [0.25, 0.3) is 5.91 Å². The third-order valence-corrected chi connectivity index (χ3v) is 7.04. The Morgan fingerprint density at radius 2 is 1.77 bits per heavy atom. The molecular formula is C25H31N3O2. The maximum Gasteiger partial charge on any atom is 0.272 e. The molecule has 1 aliphatic heterocycles. The Hall–Kier alpha value is -2.69. The van der Waals surface area contributed by atoms with Gasteiger partial charge in [0.05, 0.1) is 0 Å². The molecule has 1 aromatic carbocycles. The normalized spacial score (nSPS) is 19.5. The van der Waals surface area contributed by atoms with Gasteiger partial charge in [-0.15, -0.1) is 0 Å². The smallest absolute Gasteiger partial charge is 0.272 e. The van der Waals surface area contributed by atoms with Crippen molar-refractivity contribution in [1.82, 2.24) is 14.8 Å². The first-order valence-electron chi connectivity index (χ1n) is 11.2. The van der Waals surface area contributed by atoms with E-state index in [0.29, 0.717) is 12.1 Å². The molecule has 2 aliphatic rings. The lowest BCUT2D eigenvalue weighted by molar-refractivity contribution is -0.131. The van der Waals surface area contributed by atoms with Gasteiger partial charge in [0, 0.05) is 38.8 Å². The van der Waals surface area contributed by atoms with Gasteiger partial charge in [0.2, 0.25) is 5.91 Å². The third-order valence-electron chi connectivity index (χ3n) is 7.04. The first-order valence-corrected chi connectivity index (χ1v) is 11.2. The summed E-state index contributed by atoms with van der Waals surface area (Å²) in [6.07, 6.45) is 5.14.